The average molecular weight is 351 g/mol. The van der Waals surface area contributed by atoms with E-state index in [0.717, 1.165) is 6.26 Å². The van der Waals surface area contributed by atoms with Crippen LogP contribution in [0.3, 0.4) is 0 Å². The number of hydrogen-bond donors (Lipinski definition) is 0. The Hall–Kier alpha value is -0.860. The fourth-order valence-electron chi connectivity index (χ4n) is 2.08. The number of nitrogens with zero attached hydrogens (tertiary/aromatic N) is 2. The fourth-order valence-corrected chi connectivity index (χ4v) is 3.22. The summed E-state index contributed by atoms with van der Waals surface area (Å²) in [5.41, 5.74) is 0.652. The summed E-state index contributed by atoms with van der Waals surface area (Å²) in [6.45, 7) is 1.64. The standard InChI is InChI=1S/C13H13ClN2O4S.Na/c1-8-10(13(17)18)3-4-12(21(2,19)20)11(8)7-16-6-9(14)5-15-16;/h3-6H,7H2,1-2H3,(H,17,18);/q;+1/p-1. The Bertz CT molecular complexity index is 817. The number of carboxylic acid groups (broad SMARTS) is 1. The number of halogens is 1. The third kappa shape index (κ3) is 4.11. The Morgan fingerprint density at radius 2 is 2.05 bits per heavy atom. The quantitative estimate of drug-likeness (QED) is 0.576. The third-order valence-electron chi connectivity index (χ3n) is 3.10. The SMILES string of the molecule is Cc1c(C(=O)[O-])ccc(S(C)(=O)=O)c1Cn1cc(Cl)cn1.[Na+]. The number of sulfone groups is 1. The Kier molecular flexibility index (Phi) is 6.23. The number of carboxylic acids is 1. The number of carbonyl (C=O) groups is 1. The van der Waals surface area contributed by atoms with Crippen LogP contribution in [0.15, 0.2) is 29.4 Å². The first-order valence-corrected chi connectivity index (χ1v) is 8.19. The van der Waals surface area contributed by atoms with Crippen molar-refractivity contribution in [3.05, 3.63) is 46.2 Å². The molecular formula is C13H12ClN2NaO4S. The van der Waals surface area contributed by atoms with Gasteiger partial charge in [-0.2, -0.15) is 5.10 Å². The van der Waals surface area contributed by atoms with E-state index in [9.17, 15) is 18.3 Å². The molecule has 0 amide bonds. The summed E-state index contributed by atoms with van der Waals surface area (Å²) in [5, 5.41) is 15.5. The minimum absolute atomic E-state index is 0. The molecule has 22 heavy (non-hydrogen) atoms. The van der Waals surface area contributed by atoms with Crippen LogP contribution in [0.25, 0.3) is 0 Å². The first kappa shape index (κ1) is 19.2. The van der Waals surface area contributed by atoms with Crippen molar-refractivity contribution >= 4 is 27.4 Å². The molecule has 0 spiro atoms. The summed E-state index contributed by atoms with van der Waals surface area (Å²) in [6.07, 6.45) is 4.01. The molecule has 0 saturated carbocycles. The van der Waals surface area contributed by atoms with Crippen LogP contribution in [0.5, 0.6) is 0 Å². The van der Waals surface area contributed by atoms with Gasteiger partial charge in [0.05, 0.1) is 28.6 Å². The average Bonchev–Trinajstić information content (AvgIpc) is 2.75. The zero-order valence-corrected chi connectivity index (χ0v) is 15.9. The summed E-state index contributed by atoms with van der Waals surface area (Å²) in [5.74, 6) is -1.35. The first-order valence-electron chi connectivity index (χ1n) is 5.92. The molecule has 0 fully saturated rings. The Morgan fingerprint density at radius 3 is 2.50 bits per heavy atom. The molecule has 9 heteroatoms. The summed E-state index contributed by atoms with van der Waals surface area (Å²) < 4.78 is 25.2. The zero-order valence-electron chi connectivity index (χ0n) is 12.3. The molecule has 0 aliphatic heterocycles. The fraction of sp³-hybridized carbons (Fsp3) is 0.231. The number of rotatable bonds is 4. The molecule has 0 unspecified atom stereocenters. The molecular weight excluding hydrogens is 339 g/mol. The maximum absolute atomic E-state index is 11.9. The second kappa shape index (κ2) is 7.14. The molecule has 0 atom stereocenters. The van der Waals surface area contributed by atoms with Crippen molar-refractivity contribution in [2.75, 3.05) is 6.26 Å². The number of benzene rings is 1. The van der Waals surface area contributed by atoms with Gasteiger partial charge in [-0.15, -0.1) is 0 Å². The van der Waals surface area contributed by atoms with Crippen LogP contribution in [0, 0.1) is 6.92 Å². The van der Waals surface area contributed by atoms with Gasteiger partial charge in [0.1, 0.15) is 0 Å². The Labute approximate surface area is 155 Å². The predicted octanol–water partition coefficient (Wildman–Crippen LogP) is -2.34. The van der Waals surface area contributed by atoms with Crippen molar-refractivity contribution in [2.24, 2.45) is 0 Å². The molecule has 0 aliphatic carbocycles. The van der Waals surface area contributed by atoms with Gasteiger partial charge in [0, 0.05) is 18.0 Å². The molecule has 0 saturated heterocycles. The second-order valence-electron chi connectivity index (χ2n) is 4.63. The molecule has 1 heterocycles. The van der Waals surface area contributed by atoms with Gasteiger partial charge in [-0.05, 0) is 24.1 Å². The largest absolute Gasteiger partial charge is 1.00 e. The van der Waals surface area contributed by atoms with E-state index in [0.29, 0.717) is 16.1 Å². The van der Waals surface area contributed by atoms with Gasteiger partial charge < -0.3 is 9.90 Å². The van der Waals surface area contributed by atoms with Crippen LogP contribution < -0.4 is 34.7 Å². The van der Waals surface area contributed by atoms with Crippen LogP contribution in [0.4, 0.5) is 0 Å². The predicted molar refractivity (Wildman–Crippen MR) is 75.0 cm³/mol. The zero-order chi connectivity index (χ0) is 15.8. The van der Waals surface area contributed by atoms with E-state index in [4.69, 9.17) is 11.6 Å². The van der Waals surface area contributed by atoms with E-state index >= 15 is 0 Å². The smallest absolute Gasteiger partial charge is 0.545 e. The Balaban J connectivity index is 0.00000242. The first-order chi connectivity index (χ1) is 9.70. The number of aromatic carboxylic acids is 1. The van der Waals surface area contributed by atoms with Crippen LogP contribution in [0.1, 0.15) is 21.5 Å². The van der Waals surface area contributed by atoms with Gasteiger partial charge in [-0.25, -0.2) is 8.42 Å². The third-order valence-corrected chi connectivity index (χ3v) is 4.47. The van der Waals surface area contributed by atoms with E-state index in [2.05, 4.69) is 5.10 Å². The molecule has 6 nitrogen and oxygen atoms in total. The van der Waals surface area contributed by atoms with Crippen molar-refractivity contribution in [3.63, 3.8) is 0 Å². The van der Waals surface area contributed by atoms with Gasteiger partial charge >= 0.3 is 29.6 Å². The van der Waals surface area contributed by atoms with Crippen LogP contribution in [-0.2, 0) is 16.4 Å². The minimum atomic E-state index is -3.50. The van der Waals surface area contributed by atoms with E-state index in [1.807, 2.05) is 0 Å². The molecule has 0 radical (unpaired) electrons. The summed E-state index contributed by atoms with van der Waals surface area (Å²) in [6, 6.07) is 2.51. The molecule has 112 valence electrons. The van der Waals surface area contributed by atoms with Crippen molar-refractivity contribution in [2.45, 2.75) is 18.4 Å². The maximum Gasteiger partial charge on any atom is 1.00 e. The van der Waals surface area contributed by atoms with Gasteiger partial charge in [-0.1, -0.05) is 17.7 Å². The number of carbonyl (C=O) groups excluding carboxylic acids is 1. The summed E-state index contributed by atoms with van der Waals surface area (Å²) in [7, 11) is -3.50. The van der Waals surface area contributed by atoms with Crippen molar-refractivity contribution < 1.29 is 47.9 Å². The second-order valence-corrected chi connectivity index (χ2v) is 7.05. The number of aromatic nitrogens is 2. The van der Waals surface area contributed by atoms with Gasteiger partial charge in [-0.3, -0.25) is 4.68 Å². The monoisotopic (exact) mass is 350 g/mol. The molecule has 1 aromatic carbocycles. The molecule has 0 N–H and O–H groups in total. The van der Waals surface area contributed by atoms with Crippen molar-refractivity contribution in [3.8, 4) is 0 Å². The summed E-state index contributed by atoms with van der Waals surface area (Å²) >= 11 is 5.77. The topological polar surface area (TPSA) is 92.1 Å². The van der Waals surface area contributed by atoms with E-state index < -0.39 is 15.8 Å². The van der Waals surface area contributed by atoms with Crippen LogP contribution in [0.2, 0.25) is 5.02 Å². The molecule has 2 aromatic rings. The van der Waals surface area contributed by atoms with Crippen LogP contribution in [-0.4, -0.2) is 30.4 Å². The minimum Gasteiger partial charge on any atom is -0.545 e. The Morgan fingerprint density at radius 1 is 1.41 bits per heavy atom. The van der Waals surface area contributed by atoms with Crippen molar-refractivity contribution in [1.29, 1.82) is 0 Å². The van der Waals surface area contributed by atoms with Crippen molar-refractivity contribution in [1.82, 2.24) is 9.78 Å². The maximum atomic E-state index is 11.9. The number of hydrogen-bond acceptors (Lipinski definition) is 5. The van der Waals surface area contributed by atoms with Gasteiger partial charge in [0.15, 0.2) is 9.84 Å². The normalized spacial score (nSPS) is 11.0. The van der Waals surface area contributed by atoms with Gasteiger partial charge in [0.2, 0.25) is 0 Å². The molecule has 0 bridgehead atoms. The molecule has 1 aromatic heterocycles. The van der Waals surface area contributed by atoms with E-state index in [1.165, 1.54) is 29.2 Å². The molecule has 0 aliphatic rings. The van der Waals surface area contributed by atoms with E-state index in [-0.39, 0.29) is 46.6 Å². The van der Waals surface area contributed by atoms with Gasteiger partial charge in [0.25, 0.3) is 0 Å². The summed E-state index contributed by atoms with van der Waals surface area (Å²) in [4.78, 5) is 11.2. The van der Waals surface area contributed by atoms with E-state index in [1.54, 1.807) is 6.92 Å². The van der Waals surface area contributed by atoms with Crippen LogP contribution >= 0.6 is 11.6 Å². The molecule has 2 rings (SSSR count).